The lowest BCUT2D eigenvalue weighted by atomic mass is 10.2. The van der Waals surface area contributed by atoms with Crippen LogP contribution in [0.4, 0.5) is 4.39 Å². The Morgan fingerprint density at radius 1 is 1.00 bits per heavy atom. The van der Waals surface area contributed by atoms with Crippen molar-refractivity contribution in [3.63, 3.8) is 0 Å². The fourth-order valence-corrected chi connectivity index (χ4v) is 2.40. The predicted molar refractivity (Wildman–Crippen MR) is 79.3 cm³/mol. The van der Waals surface area contributed by atoms with E-state index in [0.717, 1.165) is 11.1 Å². The van der Waals surface area contributed by atoms with E-state index in [1.807, 2.05) is 16.8 Å². The number of hydrogen-bond donors (Lipinski definition) is 2. The quantitative estimate of drug-likeness (QED) is 0.829. The summed E-state index contributed by atoms with van der Waals surface area (Å²) in [5, 5.41) is 9.02. The zero-order valence-electron chi connectivity index (χ0n) is 11.3. The lowest BCUT2D eigenvalue weighted by Gasteiger charge is -2.06. The predicted octanol–water partition coefficient (Wildman–Crippen LogP) is 1.86. The minimum atomic E-state index is -0.690. The van der Waals surface area contributed by atoms with Crippen molar-refractivity contribution >= 4 is 23.2 Å². The van der Waals surface area contributed by atoms with Gasteiger partial charge in [0, 0.05) is 13.1 Å². The Kier molecular flexibility index (Phi) is 5.45. The fourth-order valence-electron chi connectivity index (χ4n) is 1.70. The zero-order valence-corrected chi connectivity index (χ0v) is 12.1. The van der Waals surface area contributed by atoms with Crippen molar-refractivity contribution in [3.8, 4) is 0 Å². The summed E-state index contributed by atoms with van der Waals surface area (Å²) in [7, 11) is 0. The van der Waals surface area contributed by atoms with E-state index in [0.29, 0.717) is 13.0 Å². The second-order valence-electron chi connectivity index (χ2n) is 4.45. The molecule has 0 spiro atoms. The highest BCUT2D eigenvalue weighted by Crippen LogP contribution is 2.05. The molecule has 0 atom stereocenters. The van der Waals surface area contributed by atoms with E-state index in [9.17, 15) is 14.0 Å². The largest absolute Gasteiger partial charge is 0.348 e. The normalized spacial score (nSPS) is 10.1. The maximum Gasteiger partial charge on any atom is 0.309 e. The molecule has 1 heterocycles. The van der Waals surface area contributed by atoms with Gasteiger partial charge in [0.15, 0.2) is 0 Å². The number of carbonyl (C=O) groups excluding carboxylic acids is 2. The molecule has 2 rings (SSSR count). The topological polar surface area (TPSA) is 58.2 Å². The van der Waals surface area contributed by atoms with Gasteiger partial charge in [-0.15, -0.1) is 0 Å². The highest BCUT2D eigenvalue weighted by Gasteiger charge is 2.12. The first-order valence-corrected chi connectivity index (χ1v) is 7.41. The standard InChI is InChI=1S/C15H15FN2O2S/c16-13-3-1-11(2-4-13)9-18-15(20)14(19)17-7-5-12-6-8-21-10-12/h1-4,6,8,10H,5,7,9H2,(H,17,19)(H,18,20). The summed E-state index contributed by atoms with van der Waals surface area (Å²) < 4.78 is 12.7. The Hall–Kier alpha value is -2.21. The first-order valence-electron chi connectivity index (χ1n) is 6.46. The van der Waals surface area contributed by atoms with Crippen LogP contribution in [0.15, 0.2) is 41.1 Å². The lowest BCUT2D eigenvalue weighted by molar-refractivity contribution is -0.139. The van der Waals surface area contributed by atoms with E-state index < -0.39 is 11.8 Å². The van der Waals surface area contributed by atoms with E-state index in [1.165, 1.54) is 12.1 Å². The van der Waals surface area contributed by atoms with Crippen LogP contribution in [0.5, 0.6) is 0 Å². The molecule has 110 valence electrons. The van der Waals surface area contributed by atoms with Gasteiger partial charge in [-0.2, -0.15) is 11.3 Å². The molecule has 2 N–H and O–H groups in total. The zero-order chi connectivity index (χ0) is 15.1. The minimum Gasteiger partial charge on any atom is -0.348 e. The van der Waals surface area contributed by atoms with Crippen LogP contribution in [0.1, 0.15) is 11.1 Å². The van der Waals surface area contributed by atoms with Crippen molar-refractivity contribution in [2.75, 3.05) is 6.54 Å². The molecule has 6 heteroatoms. The van der Waals surface area contributed by atoms with Crippen LogP contribution >= 0.6 is 11.3 Å². The average Bonchev–Trinajstić information content (AvgIpc) is 2.99. The molecule has 1 aromatic heterocycles. The Morgan fingerprint density at radius 2 is 1.71 bits per heavy atom. The van der Waals surface area contributed by atoms with Gasteiger partial charge in [0.25, 0.3) is 0 Å². The molecule has 0 aliphatic rings. The average molecular weight is 306 g/mol. The van der Waals surface area contributed by atoms with Crippen molar-refractivity contribution in [2.45, 2.75) is 13.0 Å². The number of carbonyl (C=O) groups is 2. The van der Waals surface area contributed by atoms with Gasteiger partial charge in [-0.05, 0) is 46.5 Å². The maximum absolute atomic E-state index is 12.7. The number of benzene rings is 1. The Morgan fingerprint density at radius 3 is 2.38 bits per heavy atom. The molecule has 2 amide bonds. The molecule has 0 aliphatic carbocycles. The fraction of sp³-hybridized carbons (Fsp3) is 0.200. The molecule has 0 bridgehead atoms. The molecule has 1 aromatic carbocycles. The van der Waals surface area contributed by atoms with Crippen molar-refractivity contribution < 1.29 is 14.0 Å². The van der Waals surface area contributed by atoms with Crippen LogP contribution < -0.4 is 10.6 Å². The third-order valence-corrected chi connectivity index (χ3v) is 3.58. The smallest absolute Gasteiger partial charge is 0.309 e. The van der Waals surface area contributed by atoms with Gasteiger partial charge in [0.2, 0.25) is 0 Å². The first kappa shape index (κ1) is 15.2. The van der Waals surface area contributed by atoms with Gasteiger partial charge >= 0.3 is 11.8 Å². The molecule has 0 unspecified atom stereocenters. The van der Waals surface area contributed by atoms with Crippen molar-refractivity contribution in [3.05, 3.63) is 58.0 Å². The van der Waals surface area contributed by atoms with Crippen LogP contribution in [0.2, 0.25) is 0 Å². The molecular weight excluding hydrogens is 291 g/mol. The summed E-state index contributed by atoms with van der Waals surface area (Å²) >= 11 is 1.59. The van der Waals surface area contributed by atoms with Crippen molar-refractivity contribution in [1.29, 1.82) is 0 Å². The summed E-state index contributed by atoms with van der Waals surface area (Å²) in [5.41, 5.74) is 1.86. The third kappa shape index (κ3) is 5.00. The summed E-state index contributed by atoms with van der Waals surface area (Å²) in [5.74, 6) is -1.69. The summed E-state index contributed by atoms with van der Waals surface area (Å²) in [4.78, 5) is 23.1. The Bertz CT molecular complexity index is 597. The molecule has 0 aliphatic heterocycles. The van der Waals surface area contributed by atoms with E-state index in [-0.39, 0.29) is 12.4 Å². The van der Waals surface area contributed by atoms with E-state index in [2.05, 4.69) is 10.6 Å². The van der Waals surface area contributed by atoms with Crippen LogP contribution in [-0.2, 0) is 22.6 Å². The molecule has 21 heavy (non-hydrogen) atoms. The van der Waals surface area contributed by atoms with Gasteiger partial charge in [-0.1, -0.05) is 12.1 Å². The minimum absolute atomic E-state index is 0.192. The Labute approximate surface area is 126 Å². The number of thiophene rings is 1. The Balaban J connectivity index is 1.69. The van der Waals surface area contributed by atoms with E-state index in [1.54, 1.807) is 23.5 Å². The van der Waals surface area contributed by atoms with Crippen LogP contribution in [0, 0.1) is 5.82 Å². The molecule has 0 saturated carbocycles. The monoisotopic (exact) mass is 306 g/mol. The number of nitrogens with one attached hydrogen (secondary N) is 2. The summed E-state index contributed by atoms with van der Waals surface area (Å²) in [6.07, 6.45) is 0.695. The van der Waals surface area contributed by atoms with E-state index in [4.69, 9.17) is 0 Å². The number of halogens is 1. The van der Waals surface area contributed by atoms with Gasteiger partial charge < -0.3 is 10.6 Å². The van der Waals surface area contributed by atoms with E-state index >= 15 is 0 Å². The third-order valence-electron chi connectivity index (χ3n) is 2.85. The van der Waals surface area contributed by atoms with Gasteiger partial charge in [-0.25, -0.2) is 4.39 Å². The molecule has 4 nitrogen and oxygen atoms in total. The summed E-state index contributed by atoms with van der Waals surface area (Å²) in [6, 6.07) is 7.71. The number of rotatable bonds is 5. The van der Waals surface area contributed by atoms with Crippen LogP contribution in [-0.4, -0.2) is 18.4 Å². The van der Waals surface area contributed by atoms with Crippen molar-refractivity contribution in [2.24, 2.45) is 0 Å². The lowest BCUT2D eigenvalue weighted by Crippen LogP contribution is -2.40. The van der Waals surface area contributed by atoms with Crippen LogP contribution in [0.3, 0.4) is 0 Å². The molecule has 0 radical (unpaired) electrons. The second-order valence-corrected chi connectivity index (χ2v) is 5.23. The second kappa shape index (κ2) is 7.54. The van der Waals surface area contributed by atoms with Gasteiger partial charge in [-0.3, -0.25) is 9.59 Å². The van der Waals surface area contributed by atoms with Gasteiger partial charge in [0.1, 0.15) is 5.82 Å². The molecule has 0 saturated heterocycles. The maximum atomic E-state index is 12.7. The summed E-state index contributed by atoms with van der Waals surface area (Å²) in [6.45, 7) is 0.608. The molecule has 0 fully saturated rings. The number of hydrogen-bond acceptors (Lipinski definition) is 3. The first-order chi connectivity index (χ1) is 10.1. The van der Waals surface area contributed by atoms with Gasteiger partial charge in [0.05, 0.1) is 0 Å². The number of amides is 2. The van der Waals surface area contributed by atoms with Crippen LogP contribution in [0.25, 0.3) is 0 Å². The molecular formula is C15H15FN2O2S. The highest BCUT2D eigenvalue weighted by molar-refractivity contribution is 7.07. The molecule has 2 aromatic rings. The SMILES string of the molecule is O=C(NCCc1ccsc1)C(=O)NCc1ccc(F)cc1. The van der Waals surface area contributed by atoms with Crippen molar-refractivity contribution in [1.82, 2.24) is 10.6 Å². The highest BCUT2D eigenvalue weighted by atomic mass is 32.1.